The van der Waals surface area contributed by atoms with Gasteiger partial charge in [-0.2, -0.15) is 0 Å². The molecule has 4 heteroatoms. The summed E-state index contributed by atoms with van der Waals surface area (Å²) in [5.41, 5.74) is 1.62. The third-order valence-corrected chi connectivity index (χ3v) is 4.36. The number of halogens is 1. The number of carbonyl (C=O) groups is 1. The second-order valence-corrected chi connectivity index (χ2v) is 6.56. The number of alkyl halides is 1. The Hall–Kier alpha value is -1.32. The fraction of sp³-hybridized carbons (Fsp3) is 0.312. The first-order valence-corrected chi connectivity index (χ1v) is 7.94. The van der Waals surface area contributed by atoms with Gasteiger partial charge in [0.25, 0.3) is 5.91 Å². The predicted molar refractivity (Wildman–Crippen MR) is 85.7 cm³/mol. The van der Waals surface area contributed by atoms with E-state index in [0.29, 0.717) is 11.4 Å². The van der Waals surface area contributed by atoms with E-state index in [9.17, 15) is 4.79 Å². The lowest BCUT2D eigenvalue weighted by atomic mass is 10.1. The van der Waals surface area contributed by atoms with Gasteiger partial charge in [0, 0.05) is 33.7 Å². The SMILES string of the molecule is Cc1ccc(CC(C)NC(=O)c2cccc(CCl)c2)s1. The molecular weight excluding hydrogens is 290 g/mol. The molecule has 0 aliphatic rings. The van der Waals surface area contributed by atoms with Gasteiger partial charge in [-0.25, -0.2) is 0 Å². The highest BCUT2D eigenvalue weighted by Gasteiger charge is 2.11. The van der Waals surface area contributed by atoms with E-state index >= 15 is 0 Å². The van der Waals surface area contributed by atoms with Gasteiger partial charge in [-0.1, -0.05) is 12.1 Å². The topological polar surface area (TPSA) is 29.1 Å². The van der Waals surface area contributed by atoms with Crippen molar-refractivity contribution in [2.24, 2.45) is 0 Å². The van der Waals surface area contributed by atoms with Crippen LogP contribution in [-0.4, -0.2) is 11.9 Å². The van der Waals surface area contributed by atoms with Crippen molar-refractivity contribution in [2.45, 2.75) is 32.2 Å². The molecule has 1 N–H and O–H groups in total. The molecule has 0 radical (unpaired) electrons. The van der Waals surface area contributed by atoms with Gasteiger partial charge in [0.15, 0.2) is 0 Å². The van der Waals surface area contributed by atoms with Crippen molar-refractivity contribution in [3.05, 3.63) is 57.3 Å². The van der Waals surface area contributed by atoms with Crippen LogP contribution in [0, 0.1) is 6.92 Å². The third-order valence-electron chi connectivity index (χ3n) is 3.02. The Morgan fingerprint density at radius 3 is 2.80 bits per heavy atom. The molecule has 0 saturated carbocycles. The Kier molecular flexibility index (Phi) is 5.21. The Morgan fingerprint density at radius 2 is 2.15 bits per heavy atom. The largest absolute Gasteiger partial charge is 0.349 e. The summed E-state index contributed by atoms with van der Waals surface area (Å²) in [7, 11) is 0. The van der Waals surface area contributed by atoms with E-state index in [2.05, 4.69) is 24.4 Å². The van der Waals surface area contributed by atoms with E-state index < -0.39 is 0 Å². The average Bonchev–Trinajstić information content (AvgIpc) is 2.83. The first kappa shape index (κ1) is 15.1. The average molecular weight is 308 g/mol. The molecule has 0 aliphatic carbocycles. The number of hydrogen-bond donors (Lipinski definition) is 1. The maximum atomic E-state index is 12.2. The van der Waals surface area contributed by atoms with Crippen molar-refractivity contribution in [2.75, 3.05) is 0 Å². The van der Waals surface area contributed by atoms with E-state index in [1.54, 1.807) is 11.3 Å². The van der Waals surface area contributed by atoms with E-state index in [1.165, 1.54) is 9.75 Å². The van der Waals surface area contributed by atoms with Crippen LogP contribution in [0.15, 0.2) is 36.4 Å². The number of carbonyl (C=O) groups excluding carboxylic acids is 1. The van der Waals surface area contributed by atoms with Gasteiger partial charge in [0.2, 0.25) is 0 Å². The standard InChI is InChI=1S/C16H18ClNOS/c1-11(8-15-7-6-12(2)20-15)18-16(19)14-5-3-4-13(9-14)10-17/h3-7,9,11H,8,10H2,1-2H3,(H,18,19). The lowest BCUT2D eigenvalue weighted by Gasteiger charge is -2.13. The lowest BCUT2D eigenvalue weighted by molar-refractivity contribution is 0.0940. The number of benzene rings is 1. The lowest BCUT2D eigenvalue weighted by Crippen LogP contribution is -2.33. The Bertz CT molecular complexity index is 594. The molecule has 2 nitrogen and oxygen atoms in total. The van der Waals surface area contributed by atoms with Gasteiger partial charge >= 0.3 is 0 Å². The molecule has 0 aliphatic heterocycles. The predicted octanol–water partition coefficient (Wildman–Crippen LogP) is 4.16. The third kappa shape index (κ3) is 4.09. The van der Waals surface area contributed by atoms with E-state index in [1.807, 2.05) is 31.2 Å². The van der Waals surface area contributed by atoms with Crippen LogP contribution >= 0.6 is 22.9 Å². The molecule has 1 atom stereocenters. The fourth-order valence-electron chi connectivity index (χ4n) is 2.05. The summed E-state index contributed by atoms with van der Waals surface area (Å²) in [6, 6.07) is 11.8. The van der Waals surface area contributed by atoms with Gasteiger partial charge in [0.05, 0.1) is 0 Å². The number of hydrogen-bond acceptors (Lipinski definition) is 2. The zero-order valence-corrected chi connectivity index (χ0v) is 13.2. The Morgan fingerprint density at radius 1 is 1.35 bits per heavy atom. The van der Waals surface area contributed by atoms with Crippen molar-refractivity contribution in [3.8, 4) is 0 Å². The van der Waals surface area contributed by atoms with Crippen LogP contribution in [0.4, 0.5) is 0 Å². The number of rotatable bonds is 5. The summed E-state index contributed by atoms with van der Waals surface area (Å²) >= 11 is 7.56. The molecular formula is C16H18ClNOS. The second kappa shape index (κ2) is 6.91. The highest BCUT2D eigenvalue weighted by atomic mass is 35.5. The van der Waals surface area contributed by atoms with Crippen LogP contribution in [0.2, 0.25) is 0 Å². The Balaban J connectivity index is 1.96. The number of amides is 1. The van der Waals surface area contributed by atoms with Gasteiger partial charge in [0.1, 0.15) is 0 Å². The number of nitrogens with one attached hydrogen (secondary N) is 1. The highest BCUT2D eigenvalue weighted by molar-refractivity contribution is 7.11. The van der Waals surface area contributed by atoms with Gasteiger partial charge in [-0.15, -0.1) is 22.9 Å². The van der Waals surface area contributed by atoms with Gasteiger partial charge in [-0.3, -0.25) is 4.79 Å². The molecule has 2 rings (SSSR count). The quantitative estimate of drug-likeness (QED) is 0.826. The first-order chi connectivity index (χ1) is 9.58. The van der Waals surface area contributed by atoms with Crippen molar-refractivity contribution in [3.63, 3.8) is 0 Å². The molecule has 2 aromatic rings. The summed E-state index contributed by atoms with van der Waals surface area (Å²) in [5.74, 6) is 0.378. The summed E-state index contributed by atoms with van der Waals surface area (Å²) < 4.78 is 0. The smallest absolute Gasteiger partial charge is 0.251 e. The molecule has 0 saturated heterocycles. The zero-order valence-electron chi connectivity index (χ0n) is 11.7. The molecule has 1 aromatic heterocycles. The zero-order chi connectivity index (χ0) is 14.5. The molecule has 0 spiro atoms. The molecule has 20 heavy (non-hydrogen) atoms. The minimum absolute atomic E-state index is 0.0438. The van der Waals surface area contributed by atoms with Gasteiger partial charge in [-0.05, 0) is 43.7 Å². The van der Waals surface area contributed by atoms with Crippen molar-refractivity contribution in [1.82, 2.24) is 5.32 Å². The maximum absolute atomic E-state index is 12.2. The van der Waals surface area contributed by atoms with Crippen LogP contribution in [0.3, 0.4) is 0 Å². The molecule has 1 aromatic carbocycles. The van der Waals surface area contributed by atoms with Crippen molar-refractivity contribution >= 4 is 28.8 Å². The van der Waals surface area contributed by atoms with Crippen molar-refractivity contribution < 1.29 is 4.79 Å². The summed E-state index contributed by atoms with van der Waals surface area (Å²) in [6.45, 7) is 4.12. The monoisotopic (exact) mass is 307 g/mol. The van der Waals surface area contributed by atoms with Gasteiger partial charge < -0.3 is 5.32 Å². The van der Waals surface area contributed by atoms with Crippen LogP contribution in [0.5, 0.6) is 0 Å². The van der Waals surface area contributed by atoms with Crippen LogP contribution < -0.4 is 5.32 Å². The highest BCUT2D eigenvalue weighted by Crippen LogP contribution is 2.17. The normalized spacial score (nSPS) is 12.2. The minimum atomic E-state index is -0.0438. The van der Waals surface area contributed by atoms with E-state index in [4.69, 9.17) is 11.6 Å². The molecule has 0 fully saturated rings. The van der Waals surface area contributed by atoms with E-state index in [-0.39, 0.29) is 11.9 Å². The minimum Gasteiger partial charge on any atom is -0.349 e. The number of thiophene rings is 1. The molecule has 1 unspecified atom stereocenters. The summed E-state index contributed by atoms with van der Waals surface area (Å²) in [6.07, 6.45) is 0.861. The molecule has 0 bridgehead atoms. The summed E-state index contributed by atoms with van der Waals surface area (Å²) in [5, 5.41) is 3.03. The summed E-state index contributed by atoms with van der Waals surface area (Å²) in [4.78, 5) is 14.8. The van der Waals surface area contributed by atoms with E-state index in [0.717, 1.165) is 12.0 Å². The maximum Gasteiger partial charge on any atom is 0.251 e. The number of aryl methyl sites for hydroxylation is 1. The first-order valence-electron chi connectivity index (χ1n) is 6.59. The van der Waals surface area contributed by atoms with Crippen LogP contribution in [0.25, 0.3) is 0 Å². The molecule has 1 heterocycles. The van der Waals surface area contributed by atoms with Crippen LogP contribution in [-0.2, 0) is 12.3 Å². The molecule has 106 valence electrons. The van der Waals surface area contributed by atoms with Crippen molar-refractivity contribution in [1.29, 1.82) is 0 Å². The Labute approximate surface area is 128 Å². The molecule has 1 amide bonds. The second-order valence-electron chi connectivity index (χ2n) is 4.93. The fourth-order valence-corrected chi connectivity index (χ4v) is 3.24. The van der Waals surface area contributed by atoms with Crippen LogP contribution in [0.1, 0.15) is 32.6 Å².